The van der Waals surface area contributed by atoms with Crippen LogP contribution in [0.3, 0.4) is 0 Å². The summed E-state index contributed by atoms with van der Waals surface area (Å²) in [7, 11) is 0. The molecule has 4 heteroatoms. The highest BCUT2D eigenvalue weighted by molar-refractivity contribution is 7.20. The molecule has 4 heterocycles. The van der Waals surface area contributed by atoms with Crippen molar-refractivity contribution in [2.75, 3.05) is 0 Å². The molecule has 2 nitrogen and oxygen atoms in total. The average Bonchev–Trinajstić information content (AvgIpc) is 3.47. The highest BCUT2D eigenvalue weighted by Crippen LogP contribution is 2.44. The summed E-state index contributed by atoms with van der Waals surface area (Å²) in [5, 5.41) is 7.07. The van der Waals surface area contributed by atoms with Gasteiger partial charge in [-0.1, -0.05) is 40.7 Å². The zero-order valence-corrected chi connectivity index (χ0v) is 22.2. The average molecular weight is 484 g/mol. The van der Waals surface area contributed by atoms with Gasteiger partial charge < -0.3 is 4.42 Å². The van der Waals surface area contributed by atoms with Crippen LogP contribution in [0.2, 0.25) is 0 Å². The number of furan rings is 1. The first kappa shape index (κ1) is 21.8. The Labute approximate surface area is 208 Å². The largest absolute Gasteiger partial charge is 0.454 e. The second-order valence-electron chi connectivity index (χ2n) is 10.8. The molecule has 34 heavy (non-hydrogen) atoms. The normalized spacial score (nSPS) is 12.8. The Kier molecular flexibility index (Phi) is 4.91. The molecule has 0 aliphatic rings. The number of hydrogen-bond donors (Lipinski definition) is 0. The van der Waals surface area contributed by atoms with Gasteiger partial charge in [-0.05, 0) is 82.3 Å². The predicted molar refractivity (Wildman–Crippen MR) is 150 cm³/mol. The van der Waals surface area contributed by atoms with Crippen LogP contribution in [0, 0.1) is 12.8 Å². The van der Waals surface area contributed by atoms with Crippen LogP contribution < -0.4 is 0 Å². The first-order valence-corrected chi connectivity index (χ1v) is 13.7. The fraction of sp³-hybridized carbons (Fsp3) is 0.300. The first-order chi connectivity index (χ1) is 16.2. The van der Waals surface area contributed by atoms with Gasteiger partial charge >= 0.3 is 0 Å². The number of pyridine rings is 1. The molecule has 0 radical (unpaired) electrons. The summed E-state index contributed by atoms with van der Waals surface area (Å²) >= 11 is 3.72. The minimum absolute atomic E-state index is 0.0545. The van der Waals surface area contributed by atoms with Crippen molar-refractivity contribution in [3.63, 3.8) is 0 Å². The Balaban J connectivity index is 1.65. The van der Waals surface area contributed by atoms with Crippen LogP contribution in [-0.4, -0.2) is 4.98 Å². The van der Waals surface area contributed by atoms with E-state index in [9.17, 15) is 0 Å². The maximum Gasteiger partial charge on any atom is 0.153 e. The SMILES string of the molecule is Cc1c(CC(C)C)sc2c1ccc1c2oc2ccnc(-c3cc(C(C)(C)C)c4sccc4c3)c21. The van der Waals surface area contributed by atoms with E-state index in [0.717, 1.165) is 39.6 Å². The molecule has 0 bridgehead atoms. The van der Waals surface area contributed by atoms with Gasteiger partial charge in [-0.3, -0.25) is 4.98 Å². The van der Waals surface area contributed by atoms with Crippen LogP contribution in [0.1, 0.15) is 50.6 Å². The monoisotopic (exact) mass is 483 g/mol. The number of nitrogens with zero attached hydrogens (tertiary/aromatic N) is 1. The Hall–Kier alpha value is -2.69. The number of aryl methyl sites for hydroxylation is 1. The smallest absolute Gasteiger partial charge is 0.153 e. The summed E-state index contributed by atoms with van der Waals surface area (Å²) in [6.07, 6.45) is 2.99. The lowest BCUT2D eigenvalue weighted by molar-refractivity contribution is 0.597. The second-order valence-corrected chi connectivity index (χ2v) is 12.8. The van der Waals surface area contributed by atoms with Gasteiger partial charge in [-0.25, -0.2) is 0 Å². The maximum atomic E-state index is 6.54. The van der Waals surface area contributed by atoms with Crippen molar-refractivity contribution < 1.29 is 4.42 Å². The van der Waals surface area contributed by atoms with Gasteiger partial charge in [0.2, 0.25) is 0 Å². The number of thiophene rings is 2. The molecule has 0 aliphatic carbocycles. The molecular formula is C30H29NOS2. The minimum atomic E-state index is 0.0545. The van der Waals surface area contributed by atoms with Crippen molar-refractivity contribution in [3.05, 3.63) is 64.0 Å². The highest BCUT2D eigenvalue weighted by atomic mass is 32.1. The van der Waals surface area contributed by atoms with E-state index >= 15 is 0 Å². The number of hydrogen-bond acceptors (Lipinski definition) is 4. The van der Waals surface area contributed by atoms with Gasteiger partial charge in [-0.15, -0.1) is 22.7 Å². The van der Waals surface area contributed by atoms with Crippen molar-refractivity contribution in [3.8, 4) is 11.3 Å². The molecule has 0 saturated carbocycles. The molecule has 2 aromatic carbocycles. The maximum absolute atomic E-state index is 6.54. The molecule has 0 atom stereocenters. The van der Waals surface area contributed by atoms with Crippen molar-refractivity contribution in [2.24, 2.45) is 5.92 Å². The van der Waals surface area contributed by atoms with Crippen molar-refractivity contribution in [1.82, 2.24) is 4.98 Å². The molecule has 172 valence electrons. The fourth-order valence-electron chi connectivity index (χ4n) is 5.07. The summed E-state index contributed by atoms with van der Waals surface area (Å²) < 4.78 is 9.17. The van der Waals surface area contributed by atoms with Gasteiger partial charge in [-0.2, -0.15) is 0 Å². The molecule has 0 N–H and O–H groups in total. The summed E-state index contributed by atoms with van der Waals surface area (Å²) in [5.41, 5.74) is 6.89. The van der Waals surface area contributed by atoms with E-state index in [4.69, 9.17) is 9.40 Å². The molecule has 0 spiro atoms. The second kappa shape index (κ2) is 7.66. The number of fused-ring (bicyclic) bond motifs is 6. The van der Waals surface area contributed by atoms with E-state index in [-0.39, 0.29) is 5.41 Å². The number of rotatable bonds is 3. The molecular weight excluding hydrogens is 454 g/mol. The fourth-order valence-corrected chi connectivity index (χ4v) is 7.67. The lowest BCUT2D eigenvalue weighted by Gasteiger charge is -2.21. The molecule has 6 aromatic rings. The van der Waals surface area contributed by atoms with Crippen LogP contribution >= 0.6 is 22.7 Å². The quantitative estimate of drug-likeness (QED) is 0.250. The zero-order valence-electron chi connectivity index (χ0n) is 20.6. The van der Waals surface area contributed by atoms with Gasteiger partial charge in [0, 0.05) is 26.7 Å². The molecule has 0 unspecified atom stereocenters. The van der Waals surface area contributed by atoms with Crippen LogP contribution in [0.15, 0.2) is 52.4 Å². The van der Waals surface area contributed by atoms with E-state index in [1.54, 1.807) is 0 Å². The third kappa shape index (κ3) is 3.30. The summed E-state index contributed by atoms with van der Waals surface area (Å²) in [6, 6.07) is 13.4. The molecule has 6 rings (SSSR count). The predicted octanol–water partition coefficient (Wildman–Crippen LogP) is 9.88. The summed E-state index contributed by atoms with van der Waals surface area (Å²) in [5.74, 6) is 0.637. The molecule has 0 aliphatic heterocycles. The first-order valence-electron chi connectivity index (χ1n) is 12.0. The summed E-state index contributed by atoms with van der Waals surface area (Å²) in [4.78, 5) is 6.37. The van der Waals surface area contributed by atoms with E-state index in [1.807, 2.05) is 34.9 Å². The van der Waals surface area contributed by atoms with E-state index in [2.05, 4.69) is 77.3 Å². The lowest BCUT2D eigenvalue weighted by atomic mass is 9.85. The van der Waals surface area contributed by atoms with Crippen LogP contribution in [0.25, 0.3) is 53.4 Å². The molecule has 0 amide bonds. The minimum Gasteiger partial charge on any atom is -0.454 e. The Bertz CT molecular complexity index is 1710. The molecule has 0 saturated heterocycles. The van der Waals surface area contributed by atoms with Gasteiger partial charge in [0.25, 0.3) is 0 Å². The molecule has 0 fully saturated rings. The van der Waals surface area contributed by atoms with Gasteiger partial charge in [0.15, 0.2) is 5.58 Å². The third-order valence-electron chi connectivity index (χ3n) is 6.78. The Morgan fingerprint density at radius 1 is 1.00 bits per heavy atom. The molecule has 4 aromatic heterocycles. The van der Waals surface area contributed by atoms with E-state index in [1.165, 1.54) is 36.2 Å². The van der Waals surface area contributed by atoms with Crippen LogP contribution in [0.4, 0.5) is 0 Å². The van der Waals surface area contributed by atoms with Crippen molar-refractivity contribution in [1.29, 1.82) is 0 Å². The third-order valence-corrected chi connectivity index (χ3v) is 9.07. The number of benzene rings is 2. The Morgan fingerprint density at radius 2 is 1.79 bits per heavy atom. The standard InChI is InChI=1S/C30H29NOS2/c1-16(2)13-24-17(3)20-7-8-21-25-23(32-27(21)29(20)34-24)9-11-31-26(25)19-14-18-10-12-33-28(18)22(15-19)30(4,5)6/h7-12,14-16H,13H2,1-6H3. The number of aromatic nitrogens is 1. The Morgan fingerprint density at radius 3 is 2.56 bits per heavy atom. The summed E-state index contributed by atoms with van der Waals surface area (Å²) in [6.45, 7) is 13.7. The van der Waals surface area contributed by atoms with Crippen LogP contribution in [0.5, 0.6) is 0 Å². The lowest BCUT2D eigenvalue weighted by Crippen LogP contribution is -2.11. The van der Waals surface area contributed by atoms with Crippen molar-refractivity contribution in [2.45, 2.75) is 53.4 Å². The van der Waals surface area contributed by atoms with Gasteiger partial charge in [0.1, 0.15) is 5.58 Å². The van der Waals surface area contributed by atoms with E-state index in [0.29, 0.717) is 5.92 Å². The highest BCUT2D eigenvalue weighted by Gasteiger charge is 2.22. The van der Waals surface area contributed by atoms with Crippen molar-refractivity contribution >= 4 is 64.8 Å². The van der Waals surface area contributed by atoms with Gasteiger partial charge in [0.05, 0.1) is 15.8 Å². The zero-order chi connectivity index (χ0) is 23.8. The van der Waals surface area contributed by atoms with E-state index < -0.39 is 0 Å². The topological polar surface area (TPSA) is 26.0 Å². The van der Waals surface area contributed by atoms with Crippen LogP contribution in [-0.2, 0) is 11.8 Å².